The van der Waals surface area contributed by atoms with Gasteiger partial charge in [-0.05, 0) is 12.0 Å². The molecule has 1 saturated heterocycles. The van der Waals surface area contributed by atoms with E-state index in [1.54, 1.807) is 12.1 Å². The maximum Gasteiger partial charge on any atom is 0.293 e. The van der Waals surface area contributed by atoms with Crippen molar-refractivity contribution in [3.8, 4) is 0 Å². The second-order valence-electron chi connectivity index (χ2n) is 4.90. The SMILES string of the molecule is CCC1C(=O)NCCN1Cc1cccc([N+](=O)[O-])c1NN. The van der Waals surface area contributed by atoms with E-state index in [4.69, 9.17) is 5.84 Å². The molecule has 1 aliphatic rings. The molecule has 1 aliphatic heterocycles. The van der Waals surface area contributed by atoms with Crippen molar-refractivity contribution in [1.29, 1.82) is 0 Å². The number of nitro groups is 1. The zero-order valence-electron chi connectivity index (χ0n) is 11.8. The minimum Gasteiger partial charge on any atom is -0.353 e. The van der Waals surface area contributed by atoms with Gasteiger partial charge in [-0.15, -0.1) is 0 Å². The predicted octanol–water partition coefficient (Wildman–Crippen LogP) is 0.591. The van der Waals surface area contributed by atoms with E-state index >= 15 is 0 Å². The van der Waals surface area contributed by atoms with Crippen LogP contribution in [0.5, 0.6) is 0 Å². The Labute approximate surface area is 122 Å². The van der Waals surface area contributed by atoms with Crippen LogP contribution in [0.1, 0.15) is 18.9 Å². The number of rotatable bonds is 5. The molecule has 8 heteroatoms. The van der Waals surface area contributed by atoms with E-state index in [0.717, 1.165) is 0 Å². The Morgan fingerprint density at radius 1 is 1.57 bits per heavy atom. The number of para-hydroxylation sites is 1. The third kappa shape index (κ3) is 3.11. The monoisotopic (exact) mass is 293 g/mol. The van der Waals surface area contributed by atoms with Crippen LogP contribution in [-0.2, 0) is 11.3 Å². The van der Waals surface area contributed by atoms with Crippen molar-refractivity contribution in [2.45, 2.75) is 25.9 Å². The highest BCUT2D eigenvalue weighted by Gasteiger charge is 2.29. The van der Waals surface area contributed by atoms with Gasteiger partial charge in [0.25, 0.3) is 5.69 Å². The zero-order chi connectivity index (χ0) is 15.4. The number of anilines is 1. The van der Waals surface area contributed by atoms with E-state index in [9.17, 15) is 14.9 Å². The number of hydrogen-bond donors (Lipinski definition) is 3. The first-order valence-electron chi connectivity index (χ1n) is 6.83. The Bertz CT molecular complexity index is 549. The molecule has 0 radical (unpaired) electrons. The number of amides is 1. The van der Waals surface area contributed by atoms with Gasteiger partial charge in [0, 0.05) is 25.7 Å². The fourth-order valence-corrected chi connectivity index (χ4v) is 2.65. The molecule has 1 amide bonds. The largest absolute Gasteiger partial charge is 0.353 e. The first-order chi connectivity index (χ1) is 10.1. The highest BCUT2D eigenvalue weighted by molar-refractivity contribution is 5.82. The number of benzene rings is 1. The Balaban J connectivity index is 2.28. The van der Waals surface area contributed by atoms with Crippen LogP contribution in [0.2, 0.25) is 0 Å². The maximum atomic E-state index is 11.9. The second-order valence-corrected chi connectivity index (χ2v) is 4.90. The third-order valence-corrected chi connectivity index (χ3v) is 3.67. The zero-order valence-corrected chi connectivity index (χ0v) is 11.8. The van der Waals surface area contributed by atoms with Gasteiger partial charge >= 0.3 is 0 Å². The fourth-order valence-electron chi connectivity index (χ4n) is 2.65. The van der Waals surface area contributed by atoms with E-state index in [0.29, 0.717) is 37.3 Å². The van der Waals surface area contributed by atoms with Crippen molar-refractivity contribution in [3.05, 3.63) is 33.9 Å². The van der Waals surface area contributed by atoms with Gasteiger partial charge < -0.3 is 10.7 Å². The summed E-state index contributed by atoms with van der Waals surface area (Å²) in [4.78, 5) is 24.4. The van der Waals surface area contributed by atoms with Crippen molar-refractivity contribution in [2.75, 3.05) is 18.5 Å². The van der Waals surface area contributed by atoms with E-state index in [1.807, 2.05) is 11.8 Å². The van der Waals surface area contributed by atoms with Gasteiger partial charge in [-0.1, -0.05) is 19.1 Å². The Kier molecular flexibility index (Phi) is 4.71. The number of hydrazine groups is 1. The molecule has 1 atom stereocenters. The lowest BCUT2D eigenvalue weighted by molar-refractivity contribution is -0.384. The van der Waals surface area contributed by atoms with Gasteiger partial charge in [-0.3, -0.25) is 25.7 Å². The molecule has 1 fully saturated rings. The summed E-state index contributed by atoms with van der Waals surface area (Å²) in [6, 6.07) is 4.59. The summed E-state index contributed by atoms with van der Waals surface area (Å²) < 4.78 is 0. The molecule has 0 aliphatic carbocycles. The standard InChI is InChI=1S/C13H19N5O3/c1-2-10-13(19)15-6-7-17(10)8-9-4-3-5-11(18(20)21)12(9)16-14/h3-5,10,16H,2,6-8,14H2,1H3,(H,15,19). The molecule has 0 aromatic heterocycles. The summed E-state index contributed by atoms with van der Waals surface area (Å²) in [5, 5.41) is 13.9. The number of piperazine rings is 1. The molecule has 1 aromatic rings. The van der Waals surface area contributed by atoms with Gasteiger partial charge in [-0.25, -0.2) is 0 Å². The molecule has 4 N–H and O–H groups in total. The van der Waals surface area contributed by atoms with Crippen molar-refractivity contribution in [2.24, 2.45) is 5.84 Å². The molecule has 114 valence electrons. The van der Waals surface area contributed by atoms with Crippen LogP contribution in [0.25, 0.3) is 0 Å². The minimum absolute atomic E-state index is 0.00330. The number of nitrogens with two attached hydrogens (primary N) is 1. The molecule has 1 heterocycles. The van der Waals surface area contributed by atoms with Crippen LogP contribution in [0.4, 0.5) is 11.4 Å². The van der Waals surface area contributed by atoms with Crippen LogP contribution in [-0.4, -0.2) is 34.9 Å². The highest BCUT2D eigenvalue weighted by atomic mass is 16.6. The number of nitrogen functional groups attached to an aromatic ring is 1. The average molecular weight is 293 g/mol. The normalized spacial score (nSPS) is 19.1. The van der Waals surface area contributed by atoms with Crippen LogP contribution in [0.3, 0.4) is 0 Å². The van der Waals surface area contributed by atoms with Gasteiger partial charge in [0.2, 0.25) is 5.91 Å². The van der Waals surface area contributed by atoms with E-state index in [1.165, 1.54) is 6.07 Å². The lowest BCUT2D eigenvalue weighted by atomic mass is 10.1. The molecule has 8 nitrogen and oxygen atoms in total. The van der Waals surface area contributed by atoms with Crippen LogP contribution in [0.15, 0.2) is 18.2 Å². The minimum atomic E-state index is -0.473. The average Bonchev–Trinajstić information content (AvgIpc) is 2.47. The Morgan fingerprint density at radius 3 is 2.95 bits per heavy atom. The topological polar surface area (TPSA) is 114 Å². The number of nitrogens with zero attached hydrogens (tertiary/aromatic N) is 2. The molecular weight excluding hydrogens is 274 g/mol. The summed E-state index contributed by atoms with van der Waals surface area (Å²) in [6.07, 6.45) is 0.687. The van der Waals surface area contributed by atoms with Gasteiger partial charge in [0.1, 0.15) is 5.69 Å². The van der Waals surface area contributed by atoms with Crippen molar-refractivity contribution in [1.82, 2.24) is 10.2 Å². The first kappa shape index (κ1) is 15.2. The molecule has 0 saturated carbocycles. The Hall–Kier alpha value is -2.19. The number of nitrogens with one attached hydrogen (secondary N) is 2. The van der Waals surface area contributed by atoms with Gasteiger partial charge in [-0.2, -0.15) is 0 Å². The third-order valence-electron chi connectivity index (χ3n) is 3.67. The molecule has 1 unspecified atom stereocenters. The summed E-state index contributed by atoms with van der Waals surface area (Å²) in [5.74, 6) is 5.43. The van der Waals surface area contributed by atoms with Crippen LogP contribution < -0.4 is 16.6 Å². The predicted molar refractivity (Wildman–Crippen MR) is 78.4 cm³/mol. The Morgan fingerprint density at radius 2 is 2.33 bits per heavy atom. The highest BCUT2D eigenvalue weighted by Crippen LogP contribution is 2.29. The number of carbonyl (C=O) groups excluding carboxylic acids is 1. The summed E-state index contributed by atoms with van der Waals surface area (Å²) in [5.41, 5.74) is 3.35. The lowest BCUT2D eigenvalue weighted by Crippen LogP contribution is -2.54. The molecule has 0 spiro atoms. The molecule has 1 aromatic carbocycles. The molecule has 2 rings (SSSR count). The molecule has 0 bridgehead atoms. The molecule has 21 heavy (non-hydrogen) atoms. The number of carbonyl (C=O) groups is 1. The summed E-state index contributed by atoms with van der Waals surface area (Å²) >= 11 is 0. The lowest BCUT2D eigenvalue weighted by Gasteiger charge is -2.34. The van der Waals surface area contributed by atoms with E-state index in [-0.39, 0.29) is 17.6 Å². The van der Waals surface area contributed by atoms with E-state index in [2.05, 4.69) is 10.7 Å². The molecular formula is C13H19N5O3. The van der Waals surface area contributed by atoms with Crippen molar-refractivity contribution < 1.29 is 9.72 Å². The smallest absolute Gasteiger partial charge is 0.293 e. The van der Waals surface area contributed by atoms with Crippen molar-refractivity contribution in [3.63, 3.8) is 0 Å². The van der Waals surface area contributed by atoms with Crippen LogP contribution >= 0.6 is 0 Å². The van der Waals surface area contributed by atoms with Gasteiger partial charge in [0.15, 0.2) is 0 Å². The summed E-state index contributed by atoms with van der Waals surface area (Å²) in [7, 11) is 0. The fraction of sp³-hybridized carbons (Fsp3) is 0.462. The number of hydrogen-bond acceptors (Lipinski definition) is 6. The summed E-state index contributed by atoms with van der Waals surface area (Å²) in [6.45, 7) is 3.66. The quantitative estimate of drug-likeness (QED) is 0.416. The maximum absolute atomic E-state index is 11.9. The number of nitro benzene ring substituents is 1. The van der Waals surface area contributed by atoms with Crippen LogP contribution in [0, 0.1) is 10.1 Å². The van der Waals surface area contributed by atoms with Gasteiger partial charge in [0.05, 0.1) is 11.0 Å². The van der Waals surface area contributed by atoms with Crippen molar-refractivity contribution >= 4 is 17.3 Å². The van der Waals surface area contributed by atoms with E-state index < -0.39 is 4.92 Å². The first-order valence-corrected chi connectivity index (χ1v) is 6.83. The second kappa shape index (κ2) is 6.51.